The number of piperidine rings is 1. The van der Waals surface area contributed by atoms with Crippen LogP contribution < -0.4 is 0 Å². The first-order valence-corrected chi connectivity index (χ1v) is 10.9. The number of nitrogens with one attached hydrogen (secondary N) is 1. The summed E-state index contributed by atoms with van der Waals surface area (Å²) in [4.78, 5) is 14.6. The zero-order valence-corrected chi connectivity index (χ0v) is 15.9. The molecule has 0 aliphatic carbocycles. The fourth-order valence-corrected chi connectivity index (χ4v) is 5.21. The van der Waals surface area contributed by atoms with Gasteiger partial charge in [-0.25, -0.2) is 8.42 Å². The maximum atomic E-state index is 12.5. The van der Waals surface area contributed by atoms with Gasteiger partial charge in [-0.15, -0.1) is 0 Å². The van der Waals surface area contributed by atoms with Crippen LogP contribution in [0.25, 0.3) is 0 Å². The van der Waals surface area contributed by atoms with Crippen LogP contribution in [0.5, 0.6) is 0 Å². The van der Waals surface area contributed by atoms with E-state index in [2.05, 4.69) is 10.2 Å². The predicted molar refractivity (Wildman–Crippen MR) is 98.8 cm³/mol. The molecule has 0 bridgehead atoms. The largest absolute Gasteiger partial charge is 0.368 e. The normalized spacial score (nSPS) is 19.0. The van der Waals surface area contributed by atoms with Crippen molar-refractivity contribution in [2.45, 2.75) is 36.2 Å². The third-order valence-corrected chi connectivity index (χ3v) is 7.27. The second-order valence-electron chi connectivity index (χ2n) is 7.13. The molecule has 8 heteroatoms. The molecule has 2 aliphatic rings. The third kappa shape index (κ3) is 3.51. The molecule has 27 heavy (non-hydrogen) atoms. The van der Waals surface area contributed by atoms with Gasteiger partial charge >= 0.3 is 0 Å². The maximum absolute atomic E-state index is 12.5. The molecule has 144 valence electrons. The van der Waals surface area contributed by atoms with Crippen LogP contribution in [0.1, 0.15) is 30.5 Å². The third-order valence-electron chi connectivity index (χ3n) is 5.53. The number of H-pyrrole nitrogens is 1. The van der Waals surface area contributed by atoms with Crippen LogP contribution in [0.4, 0.5) is 0 Å². The Bertz CT molecular complexity index is 915. The Hall–Kier alpha value is -2.19. The van der Waals surface area contributed by atoms with E-state index in [-0.39, 0.29) is 23.0 Å². The highest BCUT2D eigenvalue weighted by Crippen LogP contribution is 2.40. The quantitative estimate of drug-likeness (QED) is 0.859. The molecule has 1 spiro atoms. The molecule has 7 nitrogen and oxygen atoms in total. The number of carbonyl (C=O) groups is 1. The SMILES string of the molecule is O=C(CCS(=O)(=O)c1ccccc1)N1CCC2(CC1)OCCc1cn[nH]c12. The van der Waals surface area contributed by atoms with Gasteiger partial charge in [0.2, 0.25) is 5.91 Å². The minimum absolute atomic E-state index is 0.000389. The van der Waals surface area contributed by atoms with Crippen LogP contribution in [-0.4, -0.2) is 54.9 Å². The Morgan fingerprint density at radius 2 is 1.96 bits per heavy atom. The van der Waals surface area contributed by atoms with Crippen molar-refractivity contribution in [1.29, 1.82) is 0 Å². The van der Waals surface area contributed by atoms with Crippen molar-refractivity contribution in [3.05, 3.63) is 47.8 Å². The van der Waals surface area contributed by atoms with Gasteiger partial charge < -0.3 is 9.64 Å². The molecule has 0 saturated carbocycles. The highest BCUT2D eigenvalue weighted by atomic mass is 32.2. The van der Waals surface area contributed by atoms with E-state index in [4.69, 9.17) is 4.74 Å². The Morgan fingerprint density at radius 1 is 1.22 bits per heavy atom. The summed E-state index contributed by atoms with van der Waals surface area (Å²) in [6.45, 7) is 1.78. The van der Waals surface area contributed by atoms with E-state index in [1.54, 1.807) is 35.2 Å². The van der Waals surface area contributed by atoms with E-state index in [1.165, 1.54) is 5.56 Å². The van der Waals surface area contributed by atoms with Gasteiger partial charge in [0, 0.05) is 19.5 Å². The molecule has 1 aromatic heterocycles. The van der Waals surface area contributed by atoms with Crippen LogP contribution >= 0.6 is 0 Å². The number of nitrogens with zero attached hydrogens (tertiary/aromatic N) is 2. The number of rotatable bonds is 4. The highest BCUT2D eigenvalue weighted by molar-refractivity contribution is 7.91. The molecule has 2 aliphatic heterocycles. The lowest BCUT2D eigenvalue weighted by Crippen LogP contribution is -2.48. The summed E-state index contributed by atoms with van der Waals surface area (Å²) in [6, 6.07) is 8.27. The van der Waals surface area contributed by atoms with Crippen molar-refractivity contribution in [3.8, 4) is 0 Å². The Labute approximate surface area is 158 Å². The average Bonchev–Trinajstić information content (AvgIpc) is 3.18. The molecule has 4 rings (SSSR count). The molecule has 1 aromatic carbocycles. The summed E-state index contributed by atoms with van der Waals surface area (Å²) >= 11 is 0. The molecule has 2 aromatic rings. The Balaban J connectivity index is 1.36. The van der Waals surface area contributed by atoms with E-state index >= 15 is 0 Å². The summed E-state index contributed by atoms with van der Waals surface area (Å²) in [6.07, 6.45) is 4.10. The highest BCUT2D eigenvalue weighted by Gasteiger charge is 2.43. The molecule has 0 radical (unpaired) electrons. The standard InChI is InChI=1S/C19H23N3O4S/c23-17(7-13-27(24,25)16-4-2-1-3-5-16)22-10-8-19(9-11-22)18-15(6-12-26-19)14-20-21-18/h1-5,14H,6-13H2,(H,20,21). The van der Waals surface area contributed by atoms with Crippen molar-refractivity contribution < 1.29 is 17.9 Å². The summed E-state index contributed by atoms with van der Waals surface area (Å²) in [7, 11) is -3.44. The fourth-order valence-electron chi connectivity index (χ4n) is 3.96. The van der Waals surface area contributed by atoms with Crippen molar-refractivity contribution in [3.63, 3.8) is 0 Å². The molecular formula is C19H23N3O4S. The van der Waals surface area contributed by atoms with Crippen molar-refractivity contribution in [2.24, 2.45) is 0 Å². The number of benzene rings is 1. The Kier molecular flexibility index (Phi) is 4.77. The number of hydrogen-bond acceptors (Lipinski definition) is 5. The average molecular weight is 389 g/mol. The van der Waals surface area contributed by atoms with E-state index in [0.717, 1.165) is 12.1 Å². The number of hydrogen-bond donors (Lipinski definition) is 1. The minimum Gasteiger partial charge on any atom is -0.368 e. The van der Waals surface area contributed by atoms with Gasteiger partial charge in [0.25, 0.3) is 0 Å². The van der Waals surface area contributed by atoms with Crippen LogP contribution in [0, 0.1) is 0 Å². The van der Waals surface area contributed by atoms with Crippen molar-refractivity contribution >= 4 is 15.7 Å². The fraction of sp³-hybridized carbons (Fsp3) is 0.474. The van der Waals surface area contributed by atoms with Gasteiger partial charge in [0.1, 0.15) is 5.60 Å². The summed E-state index contributed by atoms with van der Waals surface area (Å²) in [5.74, 6) is -0.288. The monoisotopic (exact) mass is 389 g/mol. The second kappa shape index (κ2) is 7.09. The van der Waals surface area contributed by atoms with E-state index in [0.29, 0.717) is 32.5 Å². The number of sulfone groups is 1. The zero-order chi connectivity index (χ0) is 18.9. The summed E-state index contributed by atoms with van der Waals surface area (Å²) in [5, 5.41) is 7.21. The first-order valence-electron chi connectivity index (χ1n) is 9.22. The number of likely N-dealkylation sites (tertiary alicyclic amines) is 1. The molecule has 0 atom stereocenters. The van der Waals surface area contributed by atoms with Gasteiger partial charge in [0.05, 0.1) is 29.1 Å². The lowest BCUT2D eigenvalue weighted by molar-refractivity contribution is -0.140. The Morgan fingerprint density at radius 3 is 2.70 bits per heavy atom. The number of fused-ring (bicyclic) bond motifs is 2. The molecule has 1 amide bonds. The molecule has 1 N–H and O–H groups in total. The number of aromatic nitrogens is 2. The number of carbonyl (C=O) groups excluding carboxylic acids is 1. The summed E-state index contributed by atoms with van der Waals surface area (Å²) < 4.78 is 30.8. The van der Waals surface area contributed by atoms with E-state index < -0.39 is 15.4 Å². The first-order chi connectivity index (χ1) is 13.0. The molecule has 0 unspecified atom stereocenters. The smallest absolute Gasteiger partial charge is 0.223 e. The van der Waals surface area contributed by atoms with Crippen molar-refractivity contribution in [1.82, 2.24) is 15.1 Å². The molecule has 1 fully saturated rings. The van der Waals surface area contributed by atoms with Crippen LogP contribution in [0.2, 0.25) is 0 Å². The van der Waals surface area contributed by atoms with Gasteiger partial charge in [-0.05, 0) is 37.0 Å². The van der Waals surface area contributed by atoms with Crippen LogP contribution in [0.15, 0.2) is 41.4 Å². The molecule has 3 heterocycles. The topological polar surface area (TPSA) is 92.4 Å². The minimum atomic E-state index is -3.44. The number of amides is 1. The maximum Gasteiger partial charge on any atom is 0.223 e. The van der Waals surface area contributed by atoms with Gasteiger partial charge in [0.15, 0.2) is 9.84 Å². The molecular weight excluding hydrogens is 366 g/mol. The number of ether oxygens (including phenoxy) is 1. The van der Waals surface area contributed by atoms with Crippen LogP contribution in [0.3, 0.4) is 0 Å². The molecule has 1 saturated heterocycles. The van der Waals surface area contributed by atoms with Gasteiger partial charge in [-0.3, -0.25) is 9.89 Å². The number of aromatic amines is 1. The second-order valence-corrected chi connectivity index (χ2v) is 9.23. The van der Waals surface area contributed by atoms with E-state index in [9.17, 15) is 13.2 Å². The van der Waals surface area contributed by atoms with Gasteiger partial charge in [-0.1, -0.05) is 18.2 Å². The first kappa shape index (κ1) is 18.2. The lowest BCUT2D eigenvalue weighted by atomic mass is 9.83. The summed E-state index contributed by atoms with van der Waals surface area (Å²) in [5.41, 5.74) is 1.83. The van der Waals surface area contributed by atoms with Crippen LogP contribution in [-0.2, 0) is 31.4 Å². The lowest BCUT2D eigenvalue weighted by Gasteiger charge is -2.43. The van der Waals surface area contributed by atoms with Gasteiger partial charge in [-0.2, -0.15) is 5.10 Å². The van der Waals surface area contributed by atoms with Crippen molar-refractivity contribution in [2.75, 3.05) is 25.4 Å². The van der Waals surface area contributed by atoms with E-state index in [1.807, 2.05) is 6.20 Å². The zero-order valence-electron chi connectivity index (χ0n) is 15.1. The predicted octanol–water partition coefficient (Wildman–Crippen LogP) is 1.66.